The summed E-state index contributed by atoms with van der Waals surface area (Å²) in [5.74, 6) is -0.153. The van der Waals surface area contributed by atoms with E-state index in [-0.39, 0.29) is 16.8 Å². The van der Waals surface area contributed by atoms with Crippen LogP contribution in [-0.2, 0) is 10.0 Å². The molecule has 6 nitrogen and oxygen atoms in total. The number of amides is 1. The third-order valence-corrected chi connectivity index (χ3v) is 7.12. The maximum atomic E-state index is 13.0. The molecule has 3 aromatic rings. The van der Waals surface area contributed by atoms with Gasteiger partial charge in [-0.2, -0.15) is 11.3 Å². The first kappa shape index (κ1) is 19.7. The van der Waals surface area contributed by atoms with E-state index in [4.69, 9.17) is 5.14 Å². The standard InChI is InChI=1S/C18H19N3O3S3/c1-11-16(26-17(20-11)14-7-8-25-10-14)18(22)21(3)12(2)13-5-4-6-15(9-13)27(19,23)24/h4-10,12H,1-3H3,(H2,19,23,24). The summed E-state index contributed by atoms with van der Waals surface area (Å²) in [7, 11) is -2.10. The Morgan fingerprint density at radius 2 is 2.04 bits per heavy atom. The second kappa shape index (κ2) is 7.51. The lowest BCUT2D eigenvalue weighted by Crippen LogP contribution is -2.29. The van der Waals surface area contributed by atoms with Crippen LogP contribution < -0.4 is 5.14 Å². The fourth-order valence-electron chi connectivity index (χ4n) is 2.62. The second-order valence-electron chi connectivity index (χ2n) is 6.16. The summed E-state index contributed by atoms with van der Waals surface area (Å²) in [6.07, 6.45) is 0. The fraction of sp³-hybridized carbons (Fsp3) is 0.222. The third-order valence-electron chi connectivity index (χ3n) is 4.33. The van der Waals surface area contributed by atoms with E-state index in [1.54, 1.807) is 35.4 Å². The number of hydrogen-bond acceptors (Lipinski definition) is 6. The number of nitrogens with zero attached hydrogens (tertiary/aromatic N) is 2. The number of sulfonamides is 1. The monoisotopic (exact) mass is 421 g/mol. The van der Waals surface area contributed by atoms with Gasteiger partial charge in [-0.3, -0.25) is 4.79 Å². The second-order valence-corrected chi connectivity index (χ2v) is 9.50. The lowest BCUT2D eigenvalue weighted by molar-refractivity contribution is 0.0746. The highest BCUT2D eigenvalue weighted by Crippen LogP contribution is 2.31. The van der Waals surface area contributed by atoms with E-state index >= 15 is 0 Å². The average molecular weight is 422 g/mol. The number of aromatic nitrogens is 1. The first-order chi connectivity index (χ1) is 12.7. The van der Waals surface area contributed by atoms with Crippen molar-refractivity contribution in [2.24, 2.45) is 5.14 Å². The molecule has 1 aromatic carbocycles. The Balaban J connectivity index is 1.88. The first-order valence-corrected chi connectivity index (χ1v) is 11.4. The number of rotatable bonds is 5. The zero-order valence-electron chi connectivity index (χ0n) is 15.0. The molecule has 2 aromatic heterocycles. The number of carbonyl (C=O) groups excluding carboxylic acids is 1. The van der Waals surface area contributed by atoms with Crippen molar-refractivity contribution >= 4 is 38.6 Å². The molecule has 0 aliphatic heterocycles. The van der Waals surface area contributed by atoms with Gasteiger partial charge < -0.3 is 4.90 Å². The molecule has 0 bridgehead atoms. The normalized spacial score (nSPS) is 12.7. The molecule has 1 atom stereocenters. The number of hydrogen-bond donors (Lipinski definition) is 1. The van der Waals surface area contributed by atoms with Gasteiger partial charge in [0, 0.05) is 18.0 Å². The molecule has 0 saturated carbocycles. The van der Waals surface area contributed by atoms with Crippen LogP contribution in [0.15, 0.2) is 46.0 Å². The molecule has 0 spiro atoms. The third kappa shape index (κ3) is 4.11. The van der Waals surface area contributed by atoms with Crippen molar-refractivity contribution in [1.82, 2.24) is 9.88 Å². The molecule has 2 heterocycles. The Morgan fingerprint density at radius 1 is 1.30 bits per heavy atom. The Morgan fingerprint density at radius 3 is 2.67 bits per heavy atom. The van der Waals surface area contributed by atoms with Crippen LogP contribution >= 0.6 is 22.7 Å². The van der Waals surface area contributed by atoms with Crippen molar-refractivity contribution in [2.45, 2.75) is 24.8 Å². The quantitative estimate of drug-likeness (QED) is 0.680. The number of thiazole rings is 1. The van der Waals surface area contributed by atoms with Gasteiger partial charge in [-0.1, -0.05) is 12.1 Å². The summed E-state index contributed by atoms with van der Waals surface area (Å²) < 4.78 is 23.2. The van der Waals surface area contributed by atoms with Gasteiger partial charge in [-0.05, 0) is 43.0 Å². The van der Waals surface area contributed by atoms with Gasteiger partial charge in [0.15, 0.2) is 0 Å². The molecular weight excluding hydrogens is 402 g/mol. The Labute approximate surface area is 166 Å². The fourth-order valence-corrected chi connectivity index (χ4v) is 4.94. The summed E-state index contributed by atoms with van der Waals surface area (Å²) in [4.78, 5) is 19.7. The molecule has 2 N–H and O–H groups in total. The van der Waals surface area contributed by atoms with E-state index in [0.29, 0.717) is 16.1 Å². The average Bonchev–Trinajstić information content (AvgIpc) is 3.28. The minimum absolute atomic E-state index is 0.0291. The molecule has 27 heavy (non-hydrogen) atoms. The van der Waals surface area contributed by atoms with Gasteiger partial charge in [0.05, 0.1) is 16.6 Å². The van der Waals surface area contributed by atoms with Crippen LogP contribution in [0.4, 0.5) is 0 Å². The molecule has 0 aliphatic rings. The molecule has 1 unspecified atom stereocenters. The van der Waals surface area contributed by atoms with Crippen molar-refractivity contribution in [3.8, 4) is 10.6 Å². The SMILES string of the molecule is Cc1nc(-c2ccsc2)sc1C(=O)N(C)C(C)c1cccc(S(N)(=O)=O)c1. The van der Waals surface area contributed by atoms with Crippen LogP contribution in [0.2, 0.25) is 0 Å². The van der Waals surface area contributed by atoms with E-state index in [9.17, 15) is 13.2 Å². The Hall–Kier alpha value is -2.07. The van der Waals surface area contributed by atoms with Crippen molar-refractivity contribution in [3.63, 3.8) is 0 Å². The van der Waals surface area contributed by atoms with Crippen LogP contribution in [0.25, 0.3) is 10.6 Å². The molecule has 0 fully saturated rings. The highest BCUT2D eigenvalue weighted by Gasteiger charge is 2.24. The van der Waals surface area contributed by atoms with Gasteiger partial charge in [-0.25, -0.2) is 18.5 Å². The Bertz CT molecular complexity index is 1070. The molecule has 0 radical (unpaired) electrons. The summed E-state index contributed by atoms with van der Waals surface area (Å²) in [6.45, 7) is 3.66. The van der Waals surface area contributed by atoms with Crippen LogP contribution in [0.3, 0.4) is 0 Å². The first-order valence-electron chi connectivity index (χ1n) is 8.08. The Kier molecular flexibility index (Phi) is 5.48. The molecule has 0 aliphatic carbocycles. The summed E-state index contributed by atoms with van der Waals surface area (Å²) in [5, 5.41) is 9.99. The van der Waals surface area contributed by atoms with Crippen molar-refractivity contribution in [1.29, 1.82) is 0 Å². The number of nitrogens with two attached hydrogens (primary N) is 1. The molecular formula is C18H19N3O3S3. The lowest BCUT2D eigenvalue weighted by Gasteiger charge is -2.25. The number of carbonyl (C=O) groups is 1. The number of benzene rings is 1. The predicted molar refractivity (Wildman–Crippen MR) is 108 cm³/mol. The van der Waals surface area contributed by atoms with Crippen LogP contribution in [-0.4, -0.2) is 31.3 Å². The number of thiophene rings is 1. The molecule has 3 rings (SSSR count). The molecule has 1 amide bonds. The van der Waals surface area contributed by atoms with Crippen molar-refractivity contribution < 1.29 is 13.2 Å². The molecule has 142 valence electrons. The van der Waals surface area contributed by atoms with Gasteiger partial charge in [0.2, 0.25) is 10.0 Å². The van der Waals surface area contributed by atoms with Crippen LogP contribution in [0.5, 0.6) is 0 Å². The lowest BCUT2D eigenvalue weighted by atomic mass is 10.1. The number of primary sulfonamides is 1. The van der Waals surface area contributed by atoms with E-state index in [1.165, 1.54) is 23.5 Å². The van der Waals surface area contributed by atoms with Crippen LogP contribution in [0, 0.1) is 6.92 Å². The van der Waals surface area contributed by atoms with E-state index in [1.807, 2.05) is 30.7 Å². The zero-order valence-corrected chi connectivity index (χ0v) is 17.5. The van der Waals surface area contributed by atoms with Crippen molar-refractivity contribution in [2.75, 3.05) is 7.05 Å². The minimum atomic E-state index is -3.80. The molecule has 0 saturated heterocycles. The number of aryl methyl sites for hydroxylation is 1. The van der Waals surface area contributed by atoms with E-state index in [0.717, 1.165) is 10.6 Å². The largest absolute Gasteiger partial charge is 0.334 e. The maximum absolute atomic E-state index is 13.0. The van der Waals surface area contributed by atoms with Gasteiger partial charge >= 0.3 is 0 Å². The minimum Gasteiger partial charge on any atom is -0.334 e. The highest BCUT2D eigenvalue weighted by atomic mass is 32.2. The van der Waals surface area contributed by atoms with E-state index in [2.05, 4.69) is 4.98 Å². The van der Waals surface area contributed by atoms with Crippen LogP contribution in [0.1, 0.15) is 33.9 Å². The van der Waals surface area contributed by atoms with Gasteiger partial charge in [0.25, 0.3) is 5.91 Å². The summed E-state index contributed by atoms with van der Waals surface area (Å²) in [6, 6.07) is 7.98. The smallest absolute Gasteiger partial charge is 0.266 e. The highest BCUT2D eigenvalue weighted by molar-refractivity contribution is 7.89. The summed E-state index contributed by atoms with van der Waals surface area (Å²) in [5.41, 5.74) is 2.38. The molecule has 9 heteroatoms. The van der Waals surface area contributed by atoms with E-state index < -0.39 is 10.0 Å². The summed E-state index contributed by atoms with van der Waals surface area (Å²) >= 11 is 2.94. The van der Waals surface area contributed by atoms with Gasteiger partial charge in [0.1, 0.15) is 9.88 Å². The van der Waals surface area contributed by atoms with Crippen molar-refractivity contribution in [3.05, 3.63) is 57.2 Å². The maximum Gasteiger partial charge on any atom is 0.266 e. The topological polar surface area (TPSA) is 93.4 Å². The predicted octanol–water partition coefficient (Wildman–Crippen LogP) is 3.66. The zero-order chi connectivity index (χ0) is 19.8. The van der Waals surface area contributed by atoms with Gasteiger partial charge in [-0.15, -0.1) is 11.3 Å².